The van der Waals surface area contributed by atoms with Crippen molar-refractivity contribution in [3.05, 3.63) is 23.9 Å². The summed E-state index contributed by atoms with van der Waals surface area (Å²) in [6, 6.07) is 3.40. The van der Waals surface area contributed by atoms with Gasteiger partial charge in [0.05, 0.1) is 13.7 Å². The number of carbonyl (C=O) groups is 3. The van der Waals surface area contributed by atoms with Gasteiger partial charge in [-0.15, -0.1) is 0 Å². The molecule has 142 valence electrons. The van der Waals surface area contributed by atoms with Gasteiger partial charge in [0.15, 0.2) is 5.69 Å². The molecule has 9 heteroatoms. The molecule has 2 atom stereocenters. The third-order valence-corrected chi connectivity index (χ3v) is 3.58. The average molecular weight is 367 g/mol. The number of aromatic nitrogens is 1. The van der Waals surface area contributed by atoms with Crippen molar-refractivity contribution in [3.8, 4) is 0 Å². The number of ether oxygens (including phenoxy) is 2. The van der Waals surface area contributed by atoms with Gasteiger partial charge in [0.2, 0.25) is 5.91 Å². The Labute approximate surface area is 150 Å². The lowest BCUT2D eigenvalue weighted by Crippen LogP contribution is -2.45. The number of hydrogen-bond donors (Lipinski definition) is 1. The molecule has 26 heavy (non-hydrogen) atoms. The highest BCUT2D eigenvalue weighted by Gasteiger charge is 2.41. The lowest BCUT2D eigenvalue weighted by Gasteiger charge is -2.27. The Morgan fingerprint density at radius 3 is 2.62 bits per heavy atom. The Morgan fingerprint density at radius 1 is 1.31 bits per heavy atom. The minimum atomic E-state index is -1.33. The second-order valence-electron chi connectivity index (χ2n) is 6.87. The van der Waals surface area contributed by atoms with Gasteiger partial charge in [0, 0.05) is 6.42 Å². The smallest absolute Gasteiger partial charge is 0.411 e. The molecule has 8 nitrogen and oxygen atoms in total. The van der Waals surface area contributed by atoms with Crippen molar-refractivity contribution in [2.45, 2.75) is 45.0 Å². The fraction of sp³-hybridized carbons (Fsp3) is 0.529. The first-order valence-electron chi connectivity index (χ1n) is 8.10. The number of rotatable bonds is 3. The molecule has 1 aliphatic rings. The summed E-state index contributed by atoms with van der Waals surface area (Å²) < 4.78 is 23.6. The van der Waals surface area contributed by atoms with Crippen LogP contribution in [0.5, 0.6) is 0 Å². The van der Waals surface area contributed by atoms with Crippen LogP contribution in [-0.4, -0.2) is 59.3 Å². The van der Waals surface area contributed by atoms with Gasteiger partial charge in [0.1, 0.15) is 23.6 Å². The summed E-state index contributed by atoms with van der Waals surface area (Å²) in [5, 5.41) is 2.50. The largest absolute Gasteiger partial charge is 0.464 e. The van der Waals surface area contributed by atoms with E-state index in [0.29, 0.717) is 0 Å². The molecule has 2 heterocycles. The molecule has 0 saturated carbocycles. The van der Waals surface area contributed by atoms with Crippen LogP contribution in [0.3, 0.4) is 0 Å². The maximum Gasteiger partial charge on any atom is 0.411 e. The van der Waals surface area contributed by atoms with E-state index in [4.69, 9.17) is 4.74 Å². The van der Waals surface area contributed by atoms with Crippen LogP contribution in [0.1, 0.15) is 37.7 Å². The van der Waals surface area contributed by atoms with Crippen molar-refractivity contribution in [3.63, 3.8) is 0 Å². The van der Waals surface area contributed by atoms with Crippen molar-refractivity contribution >= 4 is 23.8 Å². The lowest BCUT2D eigenvalue weighted by atomic mass is 10.2. The summed E-state index contributed by atoms with van der Waals surface area (Å²) in [4.78, 5) is 41.3. The molecule has 2 amide bonds. The van der Waals surface area contributed by atoms with Crippen LogP contribution < -0.4 is 5.32 Å². The van der Waals surface area contributed by atoms with Crippen molar-refractivity contribution in [1.29, 1.82) is 0 Å². The number of alkyl halides is 1. The van der Waals surface area contributed by atoms with E-state index in [9.17, 15) is 18.8 Å². The average Bonchev–Trinajstić information content (AvgIpc) is 2.95. The zero-order valence-electron chi connectivity index (χ0n) is 15.1. The SMILES string of the molecule is COC(=O)c1cccc(NC(=O)[C@@H]2C[C@@H](F)CN2C(=O)OC(C)(C)C)n1. The van der Waals surface area contributed by atoms with Gasteiger partial charge >= 0.3 is 12.1 Å². The first kappa shape index (κ1) is 19.6. The van der Waals surface area contributed by atoms with E-state index in [-0.39, 0.29) is 24.5 Å². The van der Waals surface area contributed by atoms with Gasteiger partial charge in [0.25, 0.3) is 0 Å². The van der Waals surface area contributed by atoms with Gasteiger partial charge < -0.3 is 14.8 Å². The molecule has 1 saturated heterocycles. The molecule has 1 fully saturated rings. The first-order chi connectivity index (χ1) is 12.1. The molecule has 1 aliphatic heterocycles. The second-order valence-corrected chi connectivity index (χ2v) is 6.87. The molecular formula is C17H22FN3O5. The van der Waals surface area contributed by atoms with E-state index in [1.165, 1.54) is 25.3 Å². The van der Waals surface area contributed by atoms with E-state index >= 15 is 0 Å². The number of nitrogens with zero attached hydrogens (tertiary/aromatic N) is 2. The van der Waals surface area contributed by atoms with Crippen molar-refractivity contribution in [2.75, 3.05) is 19.0 Å². The van der Waals surface area contributed by atoms with Crippen LogP contribution in [0.25, 0.3) is 0 Å². The Bertz CT molecular complexity index is 704. The van der Waals surface area contributed by atoms with Crippen LogP contribution in [0.15, 0.2) is 18.2 Å². The lowest BCUT2D eigenvalue weighted by molar-refractivity contribution is -0.120. The molecule has 0 spiro atoms. The van der Waals surface area contributed by atoms with E-state index in [1.54, 1.807) is 20.8 Å². The molecular weight excluding hydrogens is 345 g/mol. The number of esters is 1. The second kappa shape index (κ2) is 7.67. The van der Waals surface area contributed by atoms with Gasteiger partial charge in [-0.1, -0.05) is 6.07 Å². The highest BCUT2D eigenvalue weighted by Crippen LogP contribution is 2.24. The number of amides is 2. The molecule has 1 N–H and O–H groups in total. The normalized spacial score (nSPS) is 19.8. The van der Waals surface area contributed by atoms with Crippen molar-refractivity contribution < 1.29 is 28.2 Å². The Balaban J connectivity index is 2.12. The standard InChI is InChI=1S/C17H22FN3O5/c1-17(2,3)26-16(24)21-9-10(18)8-12(21)14(22)20-13-7-5-6-11(19-13)15(23)25-4/h5-7,10,12H,8-9H2,1-4H3,(H,19,20,22)/t10-,12+/m1/s1. The van der Waals surface area contributed by atoms with E-state index in [2.05, 4.69) is 15.0 Å². The summed E-state index contributed by atoms with van der Waals surface area (Å²) in [5.74, 6) is -1.16. The summed E-state index contributed by atoms with van der Waals surface area (Å²) in [6.07, 6.45) is -2.22. The number of anilines is 1. The van der Waals surface area contributed by atoms with Gasteiger partial charge in [-0.3, -0.25) is 9.69 Å². The molecule has 0 aliphatic carbocycles. The third-order valence-electron chi connectivity index (χ3n) is 3.58. The predicted octanol–water partition coefficient (Wildman–Crippen LogP) is 2.15. The maximum absolute atomic E-state index is 13.8. The highest BCUT2D eigenvalue weighted by molar-refractivity contribution is 5.97. The molecule has 0 bridgehead atoms. The summed E-state index contributed by atoms with van der Waals surface area (Å²) >= 11 is 0. The fourth-order valence-corrected chi connectivity index (χ4v) is 2.49. The number of methoxy groups -OCH3 is 1. The van der Waals surface area contributed by atoms with Gasteiger partial charge in [-0.25, -0.2) is 19.0 Å². The molecule has 2 rings (SSSR count). The number of carbonyl (C=O) groups excluding carboxylic acids is 3. The van der Waals surface area contributed by atoms with Gasteiger partial charge in [-0.05, 0) is 32.9 Å². The summed E-state index contributed by atoms with van der Waals surface area (Å²) in [6.45, 7) is 4.84. The zero-order chi connectivity index (χ0) is 19.5. The minimum absolute atomic E-state index is 0.0177. The van der Waals surface area contributed by atoms with Crippen LogP contribution in [0.2, 0.25) is 0 Å². The first-order valence-corrected chi connectivity index (χ1v) is 8.10. The number of halogens is 1. The topological polar surface area (TPSA) is 97.8 Å². The minimum Gasteiger partial charge on any atom is -0.464 e. The zero-order valence-corrected chi connectivity index (χ0v) is 15.1. The van der Waals surface area contributed by atoms with Gasteiger partial charge in [-0.2, -0.15) is 0 Å². The molecule has 0 unspecified atom stereocenters. The number of likely N-dealkylation sites (tertiary alicyclic amines) is 1. The Kier molecular flexibility index (Phi) is 5.79. The molecule has 0 radical (unpaired) electrons. The molecule has 1 aromatic rings. The van der Waals surface area contributed by atoms with E-state index in [1.807, 2.05) is 0 Å². The highest BCUT2D eigenvalue weighted by atomic mass is 19.1. The fourth-order valence-electron chi connectivity index (χ4n) is 2.49. The molecule has 0 aromatic carbocycles. The van der Waals surface area contributed by atoms with Crippen molar-refractivity contribution in [2.24, 2.45) is 0 Å². The summed E-state index contributed by atoms with van der Waals surface area (Å²) in [5.41, 5.74) is -0.743. The Hall–Kier alpha value is -2.71. The van der Waals surface area contributed by atoms with Crippen LogP contribution in [-0.2, 0) is 14.3 Å². The van der Waals surface area contributed by atoms with Crippen molar-refractivity contribution in [1.82, 2.24) is 9.88 Å². The number of hydrogen-bond acceptors (Lipinski definition) is 6. The maximum atomic E-state index is 13.8. The Morgan fingerprint density at radius 2 is 2.00 bits per heavy atom. The monoisotopic (exact) mass is 367 g/mol. The number of pyridine rings is 1. The van der Waals surface area contributed by atoms with Crippen LogP contribution in [0.4, 0.5) is 15.0 Å². The summed E-state index contributed by atoms with van der Waals surface area (Å²) in [7, 11) is 1.22. The number of nitrogens with one attached hydrogen (secondary N) is 1. The van der Waals surface area contributed by atoms with Crippen LogP contribution in [0, 0.1) is 0 Å². The third kappa shape index (κ3) is 4.90. The van der Waals surface area contributed by atoms with E-state index < -0.39 is 35.8 Å². The van der Waals surface area contributed by atoms with Crippen LogP contribution >= 0.6 is 0 Å². The predicted molar refractivity (Wildman–Crippen MR) is 90.4 cm³/mol. The quantitative estimate of drug-likeness (QED) is 0.822. The molecule has 1 aromatic heterocycles. The van der Waals surface area contributed by atoms with E-state index in [0.717, 1.165) is 4.90 Å².